The van der Waals surface area contributed by atoms with Crippen LogP contribution in [-0.2, 0) is 4.74 Å². The van der Waals surface area contributed by atoms with Crippen molar-refractivity contribution in [1.29, 1.82) is 0 Å². The van der Waals surface area contributed by atoms with Crippen LogP contribution in [0.4, 0.5) is 10.7 Å². The summed E-state index contributed by atoms with van der Waals surface area (Å²) in [6.45, 7) is 15.1. The topological polar surface area (TPSA) is 89.4 Å². The van der Waals surface area contributed by atoms with Crippen molar-refractivity contribution >= 4 is 28.6 Å². The Morgan fingerprint density at radius 2 is 1.76 bits per heavy atom. The third-order valence-corrected chi connectivity index (χ3v) is 7.03. The number of ether oxygens (including phenoxy) is 1. The number of aromatic nitrogens is 3. The lowest BCUT2D eigenvalue weighted by atomic mass is 9.97. The van der Waals surface area contributed by atoms with E-state index in [1.807, 2.05) is 27.7 Å². The van der Waals surface area contributed by atoms with Crippen LogP contribution in [-0.4, -0.2) is 44.2 Å². The zero-order valence-corrected chi connectivity index (χ0v) is 23.5. The SMILES string of the molecule is CC(Nc1ncc2ccc(=O)n(C(C)C(C)C)c2n1)c1ccc(C2=CCN(C(=O)OC(C)(C)C)CC2)cc1. The lowest BCUT2D eigenvalue weighted by Gasteiger charge is -2.29. The van der Waals surface area contributed by atoms with Crippen molar-refractivity contribution in [2.45, 2.75) is 72.6 Å². The molecule has 0 radical (unpaired) electrons. The molecule has 0 fully saturated rings. The van der Waals surface area contributed by atoms with Crippen molar-refractivity contribution in [3.05, 3.63) is 70.2 Å². The molecule has 0 bridgehead atoms. The fourth-order valence-electron chi connectivity index (χ4n) is 4.49. The Morgan fingerprint density at radius 1 is 1.05 bits per heavy atom. The molecule has 3 aromatic rings. The highest BCUT2D eigenvalue weighted by atomic mass is 16.6. The van der Waals surface area contributed by atoms with Gasteiger partial charge in [-0.05, 0) is 69.7 Å². The molecule has 2 atom stereocenters. The minimum absolute atomic E-state index is 0.0178. The molecule has 1 aliphatic rings. The standard InChI is InChI=1S/C30H39N5O3/c1-19(2)21(4)35-26(36)13-12-25-18-31-28(33-27(25)35)32-20(3)22-8-10-23(11-9-22)24-14-16-34(17-15-24)29(37)38-30(5,6)7/h8-14,18-21H,15-17H2,1-7H3,(H,31,32,33). The number of benzene rings is 1. The highest BCUT2D eigenvalue weighted by molar-refractivity contribution is 5.75. The summed E-state index contributed by atoms with van der Waals surface area (Å²) < 4.78 is 7.25. The third-order valence-electron chi connectivity index (χ3n) is 7.03. The average Bonchev–Trinajstić information content (AvgIpc) is 2.87. The zero-order valence-electron chi connectivity index (χ0n) is 23.5. The second kappa shape index (κ2) is 11.0. The van der Waals surface area contributed by atoms with E-state index in [1.165, 1.54) is 5.57 Å². The first kappa shape index (κ1) is 27.4. The summed E-state index contributed by atoms with van der Waals surface area (Å²) in [4.78, 5) is 35.9. The Hall–Kier alpha value is -3.68. The largest absolute Gasteiger partial charge is 0.444 e. The smallest absolute Gasteiger partial charge is 0.410 e. The second-order valence-corrected chi connectivity index (χ2v) is 11.4. The number of hydrogen-bond acceptors (Lipinski definition) is 6. The molecule has 0 saturated heterocycles. The van der Waals surface area contributed by atoms with Crippen molar-refractivity contribution in [1.82, 2.24) is 19.4 Å². The summed E-state index contributed by atoms with van der Waals surface area (Å²) in [5.74, 6) is 0.781. The van der Waals surface area contributed by atoms with Gasteiger partial charge >= 0.3 is 6.09 Å². The van der Waals surface area contributed by atoms with Gasteiger partial charge in [0.05, 0.1) is 6.04 Å². The van der Waals surface area contributed by atoms with Crippen LogP contribution in [0.5, 0.6) is 0 Å². The van der Waals surface area contributed by atoms with Crippen LogP contribution in [0, 0.1) is 5.92 Å². The number of fused-ring (bicyclic) bond motifs is 1. The summed E-state index contributed by atoms with van der Waals surface area (Å²) in [5.41, 5.74) is 3.57. The van der Waals surface area contributed by atoms with E-state index < -0.39 is 5.60 Å². The van der Waals surface area contributed by atoms with Crippen molar-refractivity contribution in [3.8, 4) is 0 Å². The summed E-state index contributed by atoms with van der Waals surface area (Å²) in [7, 11) is 0. The molecular weight excluding hydrogens is 478 g/mol. The average molecular weight is 518 g/mol. The van der Waals surface area contributed by atoms with E-state index >= 15 is 0 Å². The predicted octanol–water partition coefficient (Wildman–Crippen LogP) is 6.21. The Labute approximate surface area is 224 Å². The summed E-state index contributed by atoms with van der Waals surface area (Å²) in [6.07, 6.45) is 4.38. The maximum absolute atomic E-state index is 12.7. The molecule has 0 saturated carbocycles. The molecule has 202 valence electrons. The molecule has 1 N–H and O–H groups in total. The van der Waals surface area contributed by atoms with E-state index in [0.717, 1.165) is 22.9 Å². The van der Waals surface area contributed by atoms with Crippen LogP contribution < -0.4 is 10.9 Å². The third kappa shape index (κ3) is 6.23. The first-order chi connectivity index (χ1) is 17.9. The maximum Gasteiger partial charge on any atom is 0.410 e. The van der Waals surface area contributed by atoms with Gasteiger partial charge in [0, 0.05) is 36.8 Å². The van der Waals surface area contributed by atoms with Gasteiger partial charge in [-0.1, -0.05) is 44.2 Å². The van der Waals surface area contributed by atoms with E-state index in [2.05, 4.69) is 61.4 Å². The second-order valence-electron chi connectivity index (χ2n) is 11.4. The molecule has 38 heavy (non-hydrogen) atoms. The molecule has 8 heteroatoms. The van der Waals surface area contributed by atoms with Gasteiger partial charge < -0.3 is 15.0 Å². The van der Waals surface area contributed by atoms with Gasteiger partial charge in [-0.3, -0.25) is 9.36 Å². The number of rotatable bonds is 6. The van der Waals surface area contributed by atoms with Crippen molar-refractivity contribution in [2.24, 2.45) is 5.92 Å². The van der Waals surface area contributed by atoms with Crippen molar-refractivity contribution in [3.63, 3.8) is 0 Å². The lowest BCUT2D eigenvalue weighted by Crippen LogP contribution is -2.39. The highest BCUT2D eigenvalue weighted by Crippen LogP contribution is 2.26. The zero-order chi connectivity index (χ0) is 27.6. The fraction of sp³-hybridized carbons (Fsp3) is 0.467. The number of pyridine rings is 1. The number of carbonyl (C=O) groups excluding carboxylic acids is 1. The van der Waals surface area contributed by atoms with Gasteiger partial charge in [0.2, 0.25) is 5.95 Å². The highest BCUT2D eigenvalue weighted by Gasteiger charge is 2.24. The molecule has 3 heterocycles. The van der Waals surface area contributed by atoms with E-state index in [9.17, 15) is 9.59 Å². The lowest BCUT2D eigenvalue weighted by molar-refractivity contribution is 0.0270. The van der Waals surface area contributed by atoms with Crippen molar-refractivity contribution < 1.29 is 9.53 Å². The molecule has 1 amide bonds. The molecule has 8 nitrogen and oxygen atoms in total. The normalized spacial score (nSPS) is 15.8. The molecular formula is C30H39N5O3. The van der Waals surface area contributed by atoms with Gasteiger partial charge in [0.1, 0.15) is 11.2 Å². The Morgan fingerprint density at radius 3 is 2.37 bits per heavy atom. The predicted molar refractivity (Wildman–Crippen MR) is 152 cm³/mol. The van der Waals surface area contributed by atoms with E-state index in [4.69, 9.17) is 9.72 Å². The van der Waals surface area contributed by atoms with Gasteiger partial charge in [-0.15, -0.1) is 0 Å². The van der Waals surface area contributed by atoms with Gasteiger partial charge in [-0.2, -0.15) is 4.98 Å². The van der Waals surface area contributed by atoms with E-state index in [-0.39, 0.29) is 23.7 Å². The van der Waals surface area contributed by atoms with Crippen LogP contribution >= 0.6 is 0 Å². The van der Waals surface area contributed by atoms with Crippen LogP contribution in [0.15, 0.2) is 53.5 Å². The monoisotopic (exact) mass is 517 g/mol. The van der Waals surface area contributed by atoms with Crippen LogP contribution in [0.3, 0.4) is 0 Å². The quantitative estimate of drug-likeness (QED) is 0.418. The van der Waals surface area contributed by atoms with E-state index in [0.29, 0.717) is 30.6 Å². The summed E-state index contributed by atoms with van der Waals surface area (Å²) in [5, 5.41) is 4.23. The molecule has 2 aromatic heterocycles. The number of nitrogens with one attached hydrogen (secondary N) is 1. The molecule has 0 aliphatic carbocycles. The Kier molecular flexibility index (Phi) is 7.90. The molecule has 0 spiro atoms. The fourth-order valence-corrected chi connectivity index (χ4v) is 4.49. The van der Waals surface area contributed by atoms with E-state index in [1.54, 1.807) is 27.8 Å². The first-order valence-electron chi connectivity index (χ1n) is 13.3. The molecule has 1 aliphatic heterocycles. The number of carbonyl (C=O) groups is 1. The Balaban J connectivity index is 1.46. The summed E-state index contributed by atoms with van der Waals surface area (Å²) in [6, 6.07) is 11.8. The van der Waals surface area contributed by atoms with Gasteiger partial charge in [-0.25, -0.2) is 9.78 Å². The van der Waals surface area contributed by atoms with Crippen LogP contribution in [0.1, 0.15) is 78.1 Å². The van der Waals surface area contributed by atoms with Crippen LogP contribution in [0.2, 0.25) is 0 Å². The number of hydrogen-bond donors (Lipinski definition) is 1. The molecule has 4 rings (SSSR count). The number of nitrogens with zero attached hydrogens (tertiary/aromatic N) is 4. The minimum atomic E-state index is -0.494. The minimum Gasteiger partial charge on any atom is -0.444 e. The van der Waals surface area contributed by atoms with Crippen LogP contribution in [0.25, 0.3) is 16.6 Å². The molecule has 1 aromatic carbocycles. The van der Waals surface area contributed by atoms with Gasteiger partial charge in [0.25, 0.3) is 5.56 Å². The maximum atomic E-state index is 12.7. The number of amides is 1. The number of anilines is 1. The summed E-state index contributed by atoms with van der Waals surface area (Å²) >= 11 is 0. The van der Waals surface area contributed by atoms with Crippen molar-refractivity contribution in [2.75, 3.05) is 18.4 Å². The first-order valence-corrected chi connectivity index (χ1v) is 13.3. The Bertz CT molecular complexity index is 1390. The van der Waals surface area contributed by atoms with Gasteiger partial charge in [0.15, 0.2) is 0 Å². The molecule has 2 unspecified atom stereocenters.